The van der Waals surface area contributed by atoms with Gasteiger partial charge in [-0.3, -0.25) is 4.79 Å². The monoisotopic (exact) mass is 242 g/mol. The highest BCUT2D eigenvalue weighted by Crippen LogP contribution is 2.07. The number of nitrogens with two attached hydrogens (primary N) is 1. The Bertz CT molecular complexity index is 554. The minimum absolute atomic E-state index is 0.143. The van der Waals surface area contributed by atoms with Crippen LogP contribution in [-0.4, -0.2) is 15.9 Å². The Kier molecular flexibility index (Phi) is 3.52. The quantitative estimate of drug-likeness (QED) is 0.850. The van der Waals surface area contributed by atoms with Crippen LogP contribution in [0, 0.1) is 6.92 Å². The van der Waals surface area contributed by atoms with E-state index in [1.165, 1.54) is 0 Å². The van der Waals surface area contributed by atoms with Crippen LogP contribution in [0.5, 0.6) is 0 Å². The van der Waals surface area contributed by atoms with Gasteiger partial charge in [-0.1, -0.05) is 18.2 Å². The van der Waals surface area contributed by atoms with Crippen LogP contribution in [0.15, 0.2) is 36.5 Å². The minimum atomic E-state index is -0.143. The number of aromatic nitrogens is 2. The first kappa shape index (κ1) is 12.0. The first-order chi connectivity index (χ1) is 8.66. The van der Waals surface area contributed by atoms with Gasteiger partial charge >= 0.3 is 0 Å². The number of rotatable bonds is 3. The van der Waals surface area contributed by atoms with Gasteiger partial charge in [-0.05, 0) is 19.1 Å². The van der Waals surface area contributed by atoms with Crippen molar-refractivity contribution in [3.63, 3.8) is 0 Å². The van der Waals surface area contributed by atoms with E-state index >= 15 is 0 Å². The van der Waals surface area contributed by atoms with Crippen LogP contribution in [0.3, 0.4) is 0 Å². The lowest BCUT2D eigenvalue weighted by Gasteiger charge is -2.07. The number of aryl methyl sites for hydroxylation is 1. The lowest BCUT2D eigenvalue weighted by molar-refractivity contribution is 0.0951. The van der Waals surface area contributed by atoms with Crippen LogP contribution in [0.4, 0.5) is 5.82 Å². The van der Waals surface area contributed by atoms with Gasteiger partial charge < -0.3 is 11.1 Å². The van der Waals surface area contributed by atoms with Crippen molar-refractivity contribution in [3.05, 3.63) is 53.5 Å². The molecule has 0 aliphatic rings. The van der Waals surface area contributed by atoms with Crippen LogP contribution in [0.1, 0.15) is 21.7 Å². The Morgan fingerprint density at radius 1 is 1.33 bits per heavy atom. The number of benzene rings is 1. The van der Waals surface area contributed by atoms with Crippen molar-refractivity contribution >= 4 is 11.7 Å². The zero-order valence-corrected chi connectivity index (χ0v) is 10.1. The molecule has 1 aromatic heterocycles. The van der Waals surface area contributed by atoms with Crippen LogP contribution >= 0.6 is 0 Å². The molecule has 0 fully saturated rings. The number of hydrogen-bond acceptors (Lipinski definition) is 4. The maximum absolute atomic E-state index is 11.8. The Morgan fingerprint density at radius 2 is 2.06 bits per heavy atom. The molecule has 0 aliphatic heterocycles. The summed E-state index contributed by atoms with van der Waals surface area (Å²) in [4.78, 5) is 19.9. The van der Waals surface area contributed by atoms with Gasteiger partial charge in [0.2, 0.25) is 0 Å². The van der Waals surface area contributed by atoms with Crippen molar-refractivity contribution in [2.24, 2.45) is 0 Å². The predicted octanol–water partition coefficient (Wildman–Crippen LogP) is 1.30. The molecule has 18 heavy (non-hydrogen) atoms. The zero-order valence-electron chi connectivity index (χ0n) is 10.1. The van der Waals surface area contributed by atoms with E-state index in [0.29, 0.717) is 29.3 Å². The second-order valence-electron chi connectivity index (χ2n) is 3.88. The van der Waals surface area contributed by atoms with E-state index in [9.17, 15) is 4.79 Å². The Hall–Kier alpha value is -2.43. The van der Waals surface area contributed by atoms with Crippen molar-refractivity contribution in [3.8, 4) is 0 Å². The Balaban J connectivity index is 2.02. The van der Waals surface area contributed by atoms with Crippen LogP contribution < -0.4 is 11.1 Å². The molecule has 0 aliphatic carbocycles. The maximum atomic E-state index is 11.8. The molecule has 0 saturated carbocycles. The van der Waals surface area contributed by atoms with Crippen LogP contribution in [-0.2, 0) is 6.54 Å². The lowest BCUT2D eigenvalue weighted by atomic mass is 10.2. The largest absolute Gasteiger partial charge is 0.383 e. The van der Waals surface area contributed by atoms with Gasteiger partial charge in [0.25, 0.3) is 5.91 Å². The van der Waals surface area contributed by atoms with Gasteiger partial charge in [-0.15, -0.1) is 0 Å². The fourth-order valence-electron chi connectivity index (χ4n) is 1.52. The summed E-state index contributed by atoms with van der Waals surface area (Å²) in [5, 5.41) is 2.78. The standard InChI is InChI=1S/C13H14N4O/c1-9-15-7-11(12(14)17-9)8-16-13(18)10-5-3-2-4-6-10/h2-7H,8H2,1H3,(H,16,18)(H2,14,15,17). The molecule has 5 heteroatoms. The smallest absolute Gasteiger partial charge is 0.251 e. The predicted molar refractivity (Wildman–Crippen MR) is 68.8 cm³/mol. The van der Waals surface area contributed by atoms with Gasteiger partial charge in [0.1, 0.15) is 11.6 Å². The van der Waals surface area contributed by atoms with Crippen molar-refractivity contribution in [1.82, 2.24) is 15.3 Å². The molecule has 2 rings (SSSR count). The Morgan fingerprint density at radius 3 is 2.72 bits per heavy atom. The zero-order chi connectivity index (χ0) is 13.0. The van der Waals surface area contributed by atoms with Crippen LogP contribution in [0.2, 0.25) is 0 Å². The number of nitrogens with one attached hydrogen (secondary N) is 1. The van der Waals surface area contributed by atoms with Crippen LogP contribution in [0.25, 0.3) is 0 Å². The summed E-state index contributed by atoms with van der Waals surface area (Å²) >= 11 is 0. The molecular formula is C13H14N4O. The summed E-state index contributed by atoms with van der Waals surface area (Å²) in [6, 6.07) is 9.01. The lowest BCUT2D eigenvalue weighted by Crippen LogP contribution is -2.23. The second kappa shape index (κ2) is 5.27. The third-order valence-corrected chi connectivity index (χ3v) is 2.49. The first-order valence-corrected chi connectivity index (χ1v) is 5.58. The number of carbonyl (C=O) groups excluding carboxylic acids is 1. The van der Waals surface area contributed by atoms with E-state index in [0.717, 1.165) is 0 Å². The van der Waals surface area contributed by atoms with Crippen molar-refractivity contribution in [2.45, 2.75) is 13.5 Å². The highest BCUT2D eigenvalue weighted by Gasteiger charge is 2.06. The molecule has 1 amide bonds. The SMILES string of the molecule is Cc1ncc(CNC(=O)c2ccccc2)c(N)n1. The summed E-state index contributed by atoms with van der Waals surface area (Å²) < 4.78 is 0. The van der Waals surface area contributed by atoms with E-state index in [-0.39, 0.29) is 5.91 Å². The number of nitrogen functional groups attached to an aromatic ring is 1. The van der Waals surface area contributed by atoms with Crippen molar-refractivity contribution in [1.29, 1.82) is 0 Å². The molecular weight excluding hydrogens is 228 g/mol. The maximum Gasteiger partial charge on any atom is 0.251 e. The molecule has 0 spiro atoms. The number of anilines is 1. The second-order valence-corrected chi connectivity index (χ2v) is 3.88. The minimum Gasteiger partial charge on any atom is -0.383 e. The average Bonchev–Trinajstić information content (AvgIpc) is 2.38. The van der Waals surface area contributed by atoms with E-state index < -0.39 is 0 Å². The van der Waals surface area contributed by atoms with Gasteiger partial charge in [-0.2, -0.15) is 0 Å². The van der Waals surface area contributed by atoms with Crippen molar-refractivity contribution < 1.29 is 4.79 Å². The van der Waals surface area contributed by atoms with E-state index in [2.05, 4.69) is 15.3 Å². The topological polar surface area (TPSA) is 80.9 Å². The average molecular weight is 242 g/mol. The Labute approximate surface area is 105 Å². The summed E-state index contributed by atoms with van der Waals surface area (Å²) in [6.45, 7) is 2.09. The van der Waals surface area contributed by atoms with Gasteiger partial charge in [0.05, 0.1) is 0 Å². The number of hydrogen-bond donors (Lipinski definition) is 2. The molecule has 1 heterocycles. The van der Waals surface area contributed by atoms with E-state index in [1.807, 2.05) is 18.2 Å². The number of nitrogens with zero attached hydrogens (tertiary/aromatic N) is 2. The highest BCUT2D eigenvalue weighted by molar-refractivity contribution is 5.94. The molecule has 2 aromatic rings. The van der Waals surface area contributed by atoms with Gasteiger partial charge in [-0.25, -0.2) is 9.97 Å². The van der Waals surface area contributed by atoms with E-state index in [4.69, 9.17) is 5.73 Å². The van der Waals surface area contributed by atoms with E-state index in [1.54, 1.807) is 25.3 Å². The molecule has 1 aromatic carbocycles. The third kappa shape index (κ3) is 2.82. The molecule has 0 bridgehead atoms. The third-order valence-electron chi connectivity index (χ3n) is 2.49. The molecule has 3 N–H and O–H groups in total. The molecule has 5 nitrogen and oxygen atoms in total. The fourth-order valence-corrected chi connectivity index (χ4v) is 1.52. The molecule has 0 saturated heterocycles. The molecule has 92 valence electrons. The number of carbonyl (C=O) groups is 1. The number of amides is 1. The van der Waals surface area contributed by atoms with Gasteiger partial charge in [0.15, 0.2) is 0 Å². The normalized spacial score (nSPS) is 10.1. The molecule has 0 unspecified atom stereocenters. The summed E-state index contributed by atoms with van der Waals surface area (Å²) in [7, 11) is 0. The molecule has 0 atom stereocenters. The van der Waals surface area contributed by atoms with Gasteiger partial charge in [0, 0.05) is 23.9 Å². The molecule has 0 radical (unpaired) electrons. The van der Waals surface area contributed by atoms with Crippen molar-refractivity contribution in [2.75, 3.05) is 5.73 Å². The first-order valence-electron chi connectivity index (χ1n) is 5.58. The summed E-state index contributed by atoms with van der Waals surface area (Å²) in [5.74, 6) is 0.872. The summed E-state index contributed by atoms with van der Waals surface area (Å²) in [5.41, 5.74) is 7.07. The highest BCUT2D eigenvalue weighted by atomic mass is 16.1. The summed E-state index contributed by atoms with van der Waals surface area (Å²) in [6.07, 6.45) is 1.63. The fraction of sp³-hybridized carbons (Fsp3) is 0.154.